The van der Waals surface area contributed by atoms with Crippen LogP contribution in [-0.2, 0) is 0 Å². The molecule has 2 heterocycles. The number of imidazole rings is 1. The number of nitrogens with zero attached hydrogens (tertiary/aromatic N) is 3. The number of aliphatic hydroxyl groups is 1. The SMILES string of the molecule is CC(O)CN(C)c1nc2ccccn2c1C=O. The van der Waals surface area contributed by atoms with Crippen LogP contribution in [0.1, 0.15) is 17.4 Å². The van der Waals surface area contributed by atoms with Crippen LogP contribution < -0.4 is 4.90 Å². The summed E-state index contributed by atoms with van der Waals surface area (Å²) in [5, 5.41) is 9.36. The Morgan fingerprint density at radius 2 is 2.35 bits per heavy atom. The van der Waals surface area contributed by atoms with Crippen molar-refractivity contribution in [3.8, 4) is 0 Å². The number of rotatable bonds is 4. The van der Waals surface area contributed by atoms with Gasteiger partial charge in [0.1, 0.15) is 11.3 Å². The smallest absolute Gasteiger partial charge is 0.170 e. The molecule has 0 aromatic carbocycles. The molecule has 0 amide bonds. The Balaban J connectivity index is 2.49. The third-order valence-corrected chi connectivity index (χ3v) is 2.56. The second-order valence-electron chi connectivity index (χ2n) is 4.10. The summed E-state index contributed by atoms with van der Waals surface area (Å²) in [6.45, 7) is 2.14. The quantitative estimate of drug-likeness (QED) is 0.799. The molecule has 0 aliphatic carbocycles. The standard InChI is InChI=1S/C12H15N3O2/c1-9(17)7-14(2)12-10(8-16)15-6-4-3-5-11(15)13-12/h3-6,8-9,17H,7H2,1-2H3. The highest BCUT2D eigenvalue weighted by Gasteiger charge is 2.15. The van der Waals surface area contributed by atoms with E-state index in [4.69, 9.17) is 0 Å². The zero-order chi connectivity index (χ0) is 12.4. The highest BCUT2D eigenvalue weighted by molar-refractivity contribution is 5.83. The topological polar surface area (TPSA) is 57.8 Å². The van der Waals surface area contributed by atoms with Gasteiger partial charge in [-0.25, -0.2) is 4.98 Å². The zero-order valence-corrected chi connectivity index (χ0v) is 9.87. The molecule has 0 radical (unpaired) electrons. The van der Waals surface area contributed by atoms with Gasteiger partial charge < -0.3 is 10.0 Å². The minimum absolute atomic E-state index is 0.435. The molecule has 1 N–H and O–H groups in total. The van der Waals surface area contributed by atoms with Crippen molar-refractivity contribution in [1.29, 1.82) is 0 Å². The number of aromatic nitrogens is 2. The summed E-state index contributed by atoms with van der Waals surface area (Å²) >= 11 is 0. The number of hydrogen-bond acceptors (Lipinski definition) is 4. The lowest BCUT2D eigenvalue weighted by atomic mass is 10.3. The minimum atomic E-state index is -0.468. The number of carbonyl (C=O) groups excluding carboxylic acids is 1. The highest BCUT2D eigenvalue weighted by Crippen LogP contribution is 2.19. The summed E-state index contributed by atoms with van der Waals surface area (Å²) < 4.78 is 1.74. The minimum Gasteiger partial charge on any atom is -0.392 e. The Morgan fingerprint density at radius 1 is 1.59 bits per heavy atom. The molecule has 0 saturated carbocycles. The van der Waals surface area contributed by atoms with Gasteiger partial charge in [0.2, 0.25) is 0 Å². The van der Waals surface area contributed by atoms with E-state index in [-0.39, 0.29) is 0 Å². The summed E-state index contributed by atoms with van der Waals surface area (Å²) in [5.74, 6) is 0.590. The lowest BCUT2D eigenvalue weighted by molar-refractivity contribution is 0.111. The number of anilines is 1. The Bertz CT molecular complexity index is 534. The van der Waals surface area contributed by atoms with Crippen LogP contribution in [0.15, 0.2) is 24.4 Å². The largest absolute Gasteiger partial charge is 0.392 e. The molecule has 5 nitrogen and oxygen atoms in total. The summed E-state index contributed by atoms with van der Waals surface area (Å²) in [5.41, 5.74) is 1.23. The van der Waals surface area contributed by atoms with Crippen molar-refractivity contribution in [3.05, 3.63) is 30.1 Å². The molecule has 0 fully saturated rings. The summed E-state index contributed by atoms with van der Waals surface area (Å²) in [6.07, 6.45) is 2.11. The van der Waals surface area contributed by atoms with Crippen molar-refractivity contribution in [2.45, 2.75) is 13.0 Å². The van der Waals surface area contributed by atoms with E-state index < -0.39 is 6.10 Å². The van der Waals surface area contributed by atoms with E-state index >= 15 is 0 Å². The van der Waals surface area contributed by atoms with E-state index in [1.54, 1.807) is 22.4 Å². The Kier molecular flexibility index (Phi) is 3.10. The molecule has 90 valence electrons. The molecule has 0 aliphatic rings. The van der Waals surface area contributed by atoms with E-state index in [0.29, 0.717) is 18.1 Å². The average molecular weight is 233 g/mol. The van der Waals surface area contributed by atoms with Crippen molar-refractivity contribution in [1.82, 2.24) is 9.38 Å². The normalized spacial score (nSPS) is 12.6. The lowest BCUT2D eigenvalue weighted by Crippen LogP contribution is -2.27. The molecule has 0 aliphatic heterocycles. The maximum Gasteiger partial charge on any atom is 0.170 e. The number of hydrogen-bond donors (Lipinski definition) is 1. The van der Waals surface area contributed by atoms with E-state index in [9.17, 15) is 9.90 Å². The van der Waals surface area contributed by atoms with Gasteiger partial charge in [0, 0.05) is 19.8 Å². The van der Waals surface area contributed by atoms with Gasteiger partial charge in [0.15, 0.2) is 12.1 Å². The van der Waals surface area contributed by atoms with Crippen LogP contribution in [0.4, 0.5) is 5.82 Å². The van der Waals surface area contributed by atoms with E-state index in [1.807, 2.05) is 25.2 Å². The maximum atomic E-state index is 11.1. The number of aldehydes is 1. The Morgan fingerprint density at radius 3 is 3.00 bits per heavy atom. The Labute approximate surface area is 99.3 Å². The van der Waals surface area contributed by atoms with Gasteiger partial charge in [0.25, 0.3) is 0 Å². The van der Waals surface area contributed by atoms with Gasteiger partial charge in [-0.05, 0) is 19.1 Å². The van der Waals surface area contributed by atoms with Crippen LogP contribution >= 0.6 is 0 Å². The zero-order valence-electron chi connectivity index (χ0n) is 9.87. The van der Waals surface area contributed by atoms with Crippen molar-refractivity contribution >= 4 is 17.8 Å². The van der Waals surface area contributed by atoms with Crippen molar-refractivity contribution < 1.29 is 9.90 Å². The predicted octanol–water partition coefficient (Wildman–Crippen LogP) is 0.964. The number of carbonyl (C=O) groups is 1. The predicted molar refractivity (Wildman–Crippen MR) is 65.5 cm³/mol. The van der Waals surface area contributed by atoms with E-state index in [0.717, 1.165) is 11.9 Å². The summed E-state index contributed by atoms with van der Waals surface area (Å²) in [7, 11) is 1.81. The van der Waals surface area contributed by atoms with E-state index in [1.165, 1.54) is 0 Å². The van der Waals surface area contributed by atoms with Gasteiger partial charge >= 0.3 is 0 Å². The van der Waals surface area contributed by atoms with Crippen molar-refractivity contribution in [2.24, 2.45) is 0 Å². The molecule has 2 aromatic rings. The highest BCUT2D eigenvalue weighted by atomic mass is 16.3. The van der Waals surface area contributed by atoms with Crippen LogP contribution in [0.3, 0.4) is 0 Å². The molecule has 2 rings (SSSR count). The fraction of sp³-hybridized carbons (Fsp3) is 0.333. The lowest BCUT2D eigenvalue weighted by Gasteiger charge is -2.18. The first kappa shape index (κ1) is 11.6. The maximum absolute atomic E-state index is 11.1. The van der Waals surface area contributed by atoms with Gasteiger partial charge in [-0.3, -0.25) is 9.20 Å². The molecule has 0 saturated heterocycles. The summed E-state index contributed by atoms with van der Waals surface area (Å²) in [4.78, 5) is 17.3. The van der Waals surface area contributed by atoms with Gasteiger partial charge in [-0.15, -0.1) is 0 Å². The van der Waals surface area contributed by atoms with Crippen LogP contribution in [0.25, 0.3) is 5.65 Å². The van der Waals surface area contributed by atoms with E-state index in [2.05, 4.69) is 4.98 Å². The fourth-order valence-corrected chi connectivity index (χ4v) is 1.88. The number of pyridine rings is 1. The molecule has 5 heteroatoms. The van der Waals surface area contributed by atoms with Crippen LogP contribution in [-0.4, -0.2) is 40.5 Å². The third kappa shape index (κ3) is 2.14. The molecule has 2 aromatic heterocycles. The van der Waals surface area contributed by atoms with Crippen molar-refractivity contribution in [2.75, 3.05) is 18.5 Å². The van der Waals surface area contributed by atoms with Crippen LogP contribution in [0.2, 0.25) is 0 Å². The number of fused-ring (bicyclic) bond motifs is 1. The second-order valence-corrected chi connectivity index (χ2v) is 4.10. The molecular formula is C12H15N3O2. The molecule has 1 unspecified atom stereocenters. The van der Waals surface area contributed by atoms with Gasteiger partial charge in [0.05, 0.1) is 6.10 Å². The number of aliphatic hydroxyl groups excluding tert-OH is 1. The third-order valence-electron chi connectivity index (χ3n) is 2.56. The molecule has 1 atom stereocenters. The summed E-state index contributed by atoms with van der Waals surface area (Å²) in [6, 6.07) is 5.56. The number of likely N-dealkylation sites (N-methyl/N-ethyl adjacent to an activating group) is 1. The Hall–Kier alpha value is -1.88. The molecule has 0 bridgehead atoms. The molecule has 17 heavy (non-hydrogen) atoms. The first-order valence-corrected chi connectivity index (χ1v) is 5.45. The van der Waals surface area contributed by atoms with Crippen molar-refractivity contribution in [3.63, 3.8) is 0 Å². The second kappa shape index (κ2) is 4.55. The van der Waals surface area contributed by atoms with Crippen LogP contribution in [0.5, 0.6) is 0 Å². The molecule has 0 spiro atoms. The van der Waals surface area contributed by atoms with Gasteiger partial charge in [-0.2, -0.15) is 0 Å². The van der Waals surface area contributed by atoms with Gasteiger partial charge in [-0.1, -0.05) is 6.07 Å². The first-order chi connectivity index (χ1) is 8.13. The average Bonchev–Trinajstić information content (AvgIpc) is 2.66. The van der Waals surface area contributed by atoms with Crippen LogP contribution in [0, 0.1) is 0 Å². The fourth-order valence-electron chi connectivity index (χ4n) is 1.88. The monoisotopic (exact) mass is 233 g/mol. The first-order valence-electron chi connectivity index (χ1n) is 5.45. The molecular weight excluding hydrogens is 218 g/mol.